The zero-order valence-corrected chi connectivity index (χ0v) is 15.4. The molecule has 1 saturated heterocycles. The third kappa shape index (κ3) is 4.94. The molecule has 1 aliphatic carbocycles. The molecule has 0 radical (unpaired) electrons. The molecule has 1 unspecified atom stereocenters. The summed E-state index contributed by atoms with van der Waals surface area (Å²) in [7, 11) is 0. The van der Waals surface area contributed by atoms with Crippen molar-refractivity contribution in [3.63, 3.8) is 0 Å². The molecular weight excluding hydrogens is 352 g/mol. The van der Waals surface area contributed by atoms with Crippen LogP contribution >= 0.6 is 0 Å². The number of rotatable bonds is 5. The minimum atomic E-state index is -1.42. The highest BCUT2D eigenvalue weighted by atomic mass is 16.6. The van der Waals surface area contributed by atoms with Gasteiger partial charge in [0.05, 0.1) is 24.7 Å². The van der Waals surface area contributed by atoms with Crippen LogP contribution in [0.3, 0.4) is 0 Å². The smallest absolute Gasteiger partial charge is 0.336 e. The van der Waals surface area contributed by atoms with Crippen LogP contribution in [-0.4, -0.2) is 58.8 Å². The molecule has 0 spiro atoms. The highest BCUT2D eigenvalue weighted by Crippen LogP contribution is 2.36. The largest absolute Gasteiger partial charge is 0.458 e. The molecule has 1 aliphatic heterocycles. The Morgan fingerprint density at radius 3 is 2.78 bits per heavy atom. The van der Waals surface area contributed by atoms with Gasteiger partial charge in [-0.2, -0.15) is 0 Å². The van der Waals surface area contributed by atoms with Crippen molar-refractivity contribution in [2.24, 2.45) is 5.92 Å². The fourth-order valence-corrected chi connectivity index (χ4v) is 3.23. The van der Waals surface area contributed by atoms with E-state index in [1.165, 1.54) is 0 Å². The Kier molecular flexibility index (Phi) is 7.12. The molecule has 0 amide bonds. The average molecular weight is 378 g/mol. The van der Waals surface area contributed by atoms with Crippen molar-refractivity contribution in [3.05, 3.63) is 47.6 Å². The lowest BCUT2D eigenvalue weighted by atomic mass is 9.85. The molecule has 0 saturated carbocycles. The second kappa shape index (κ2) is 9.12. The standard InChI is InChI=1S/C20H26O7/c1-11-5-4-6-14(9-21)8-17-18(13(3)20(25)27-17)16(7-11)26-19(24)12(2)15(23)10-22/h5,8,15-18,21-23H,2-4,6-7,9-10H2,1H3/b11-5-,14-8+/t15?,16-,17+,18+/m1/s1. The first kappa shape index (κ1) is 21.1. The van der Waals surface area contributed by atoms with Crippen LogP contribution in [0.4, 0.5) is 0 Å². The molecule has 0 aromatic carbocycles. The van der Waals surface area contributed by atoms with Gasteiger partial charge in [-0.25, -0.2) is 9.59 Å². The van der Waals surface area contributed by atoms with Gasteiger partial charge in [0.2, 0.25) is 0 Å². The summed E-state index contributed by atoms with van der Waals surface area (Å²) in [6.07, 6.45) is 2.46. The van der Waals surface area contributed by atoms with Gasteiger partial charge >= 0.3 is 11.9 Å². The number of hydrogen-bond donors (Lipinski definition) is 3. The zero-order valence-electron chi connectivity index (χ0n) is 15.4. The van der Waals surface area contributed by atoms with Crippen molar-refractivity contribution < 1.29 is 34.4 Å². The number of ether oxygens (including phenoxy) is 2. The Hall–Kier alpha value is -2.22. The molecule has 2 rings (SSSR count). The number of hydrogen-bond acceptors (Lipinski definition) is 7. The minimum absolute atomic E-state index is 0.163. The molecule has 0 aromatic heterocycles. The van der Waals surface area contributed by atoms with Crippen LogP contribution in [0.25, 0.3) is 0 Å². The highest BCUT2D eigenvalue weighted by Gasteiger charge is 2.44. The first-order valence-electron chi connectivity index (χ1n) is 8.83. The van der Waals surface area contributed by atoms with Gasteiger partial charge in [0.1, 0.15) is 18.3 Å². The maximum absolute atomic E-state index is 12.3. The van der Waals surface area contributed by atoms with Crippen LogP contribution in [0.5, 0.6) is 0 Å². The molecule has 148 valence electrons. The lowest BCUT2D eigenvalue weighted by Gasteiger charge is -2.28. The number of fused-ring (bicyclic) bond motifs is 1. The predicted octanol–water partition coefficient (Wildman–Crippen LogP) is 0.954. The zero-order chi connectivity index (χ0) is 20.1. The molecule has 0 bridgehead atoms. The molecule has 1 heterocycles. The second-order valence-electron chi connectivity index (χ2n) is 6.86. The summed E-state index contributed by atoms with van der Waals surface area (Å²) in [4.78, 5) is 24.4. The SMILES string of the molecule is C=C(C(=O)O[C@@H]1C/C(C)=C\CC/C(CO)=C\[C@@H]2OC(=O)C(=C)[C@H]21)C(O)CO. The van der Waals surface area contributed by atoms with Crippen molar-refractivity contribution >= 4 is 11.9 Å². The monoisotopic (exact) mass is 378 g/mol. The number of allylic oxidation sites excluding steroid dienone is 1. The van der Waals surface area contributed by atoms with E-state index in [4.69, 9.17) is 14.6 Å². The Labute approximate surface area is 158 Å². The summed E-state index contributed by atoms with van der Waals surface area (Å²) in [6, 6.07) is 0. The molecule has 7 heteroatoms. The van der Waals surface area contributed by atoms with E-state index in [0.29, 0.717) is 19.3 Å². The number of aliphatic hydroxyl groups is 3. The maximum atomic E-state index is 12.3. The molecule has 0 aromatic rings. The van der Waals surface area contributed by atoms with Crippen LogP contribution in [0, 0.1) is 5.92 Å². The first-order valence-corrected chi connectivity index (χ1v) is 8.83. The van der Waals surface area contributed by atoms with Crippen molar-refractivity contribution in [1.82, 2.24) is 0 Å². The van der Waals surface area contributed by atoms with E-state index in [2.05, 4.69) is 13.2 Å². The number of carbonyl (C=O) groups excluding carboxylic acids is 2. The topological polar surface area (TPSA) is 113 Å². The fraction of sp³-hybridized carbons (Fsp3) is 0.500. The maximum Gasteiger partial charge on any atom is 0.336 e. The quantitative estimate of drug-likeness (QED) is 0.371. The molecule has 2 aliphatic rings. The van der Waals surface area contributed by atoms with E-state index in [1.807, 2.05) is 13.0 Å². The highest BCUT2D eigenvalue weighted by molar-refractivity contribution is 5.92. The minimum Gasteiger partial charge on any atom is -0.458 e. The van der Waals surface area contributed by atoms with E-state index in [0.717, 1.165) is 11.1 Å². The average Bonchev–Trinajstić information content (AvgIpc) is 2.92. The summed E-state index contributed by atoms with van der Waals surface area (Å²) in [5.74, 6) is -2.05. The lowest BCUT2D eigenvalue weighted by Crippen LogP contribution is -2.35. The van der Waals surface area contributed by atoms with Gasteiger partial charge in [-0.1, -0.05) is 24.8 Å². The number of esters is 2. The van der Waals surface area contributed by atoms with Gasteiger partial charge in [-0.15, -0.1) is 0 Å². The van der Waals surface area contributed by atoms with Gasteiger partial charge in [0, 0.05) is 12.0 Å². The Bertz CT molecular complexity index is 688. The van der Waals surface area contributed by atoms with Crippen molar-refractivity contribution in [2.45, 2.75) is 44.5 Å². The van der Waals surface area contributed by atoms with Crippen molar-refractivity contribution in [1.29, 1.82) is 0 Å². The Balaban J connectivity index is 2.36. The fourth-order valence-electron chi connectivity index (χ4n) is 3.23. The summed E-state index contributed by atoms with van der Waals surface area (Å²) >= 11 is 0. The third-order valence-corrected chi connectivity index (χ3v) is 4.84. The first-order chi connectivity index (χ1) is 12.8. The van der Waals surface area contributed by atoms with Crippen LogP contribution in [0.15, 0.2) is 47.6 Å². The van der Waals surface area contributed by atoms with E-state index in [1.54, 1.807) is 6.08 Å². The van der Waals surface area contributed by atoms with Gasteiger partial charge in [0.25, 0.3) is 0 Å². The van der Waals surface area contributed by atoms with Crippen LogP contribution in [0.1, 0.15) is 26.2 Å². The molecule has 3 N–H and O–H groups in total. The van der Waals surface area contributed by atoms with Gasteiger partial charge in [-0.3, -0.25) is 0 Å². The molecule has 7 nitrogen and oxygen atoms in total. The predicted molar refractivity (Wildman–Crippen MR) is 97.4 cm³/mol. The number of aliphatic hydroxyl groups excluding tert-OH is 3. The van der Waals surface area contributed by atoms with Gasteiger partial charge in [-0.05, 0) is 31.4 Å². The van der Waals surface area contributed by atoms with Crippen LogP contribution in [0.2, 0.25) is 0 Å². The van der Waals surface area contributed by atoms with E-state index in [9.17, 15) is 19.8 Å². The van der Waals surface area contributed by atoms with E-state index >= 15 is 0 Å². The van der Waals surface area contributed by atoms with Gasteiger partial charge in [0.15, 0.2) is 0 Å². The number of carbonyl (C=O) groups is 2. The second-order valence-corrected chi connectivity index (χ2v) is 6.86. The Morgan fingerprint density at radius 2 is 2.15 bits per heavy atom. The van der Waals surface area contributed by atoms with Crippen LogP contribution < -0.4 is 0 Å². The summed E-state index contributed by atoms with van der Waals surface area (Å²) in [5.41, 5.74) is 1.60. The molecular formula is C20H26O7. The Morgan fingerprint density at radius 1 is 1.44 bits per heavy atom. The summed E-state index contributed by atoms with van der Waals surface area (Å²) < 4.78 is 10.9. The molecule has 4 atom stereocenters. The van der Waals surface area contributed by atoms with Crippen molar-refractivity contribution in [2.75, 3.05) is 13.2 Å². The van der Waals surface area contributed by atoms with E-state index < -0.39 is 42.8 Å². The normalized spacial score (nSPS) is 30.9. The lowest BCUT2D eigenvalue weighted by molar-refractivity contribution is -0.148. The third-order valence-electron chi connectivity index (χ3n) is 4.84. The van der Waals surface area contributed by atoms with Crippen molar-refractivity contribution in [3.8, 4) is 0 Å². The molecule has 1 fully saturated rings. The summed E-state index contributed by atoms with van der Waals surface area (Å²) in [5, 5.41) is 28.2. The molecule has 27 heavy (non-hydrogen) atoms. The van der Waals surface area contributed by atoms with Gasteiger partial charge < -0.3 is 24.8 Å². The summed E-state index contributed by atoms with van der Waals surface area (Å²) in [6.45, 7) is 8.32. The van der Waals surface area contributed by atoms with Crippen LogP contribution in [-0.2, 0) is 19.1 Å². The van der Waals surface area contributed by atoms with E-state index in [-0.39, 0.29) is 17.8 Å².